The molecule has 0 aliphatic heterocycles. The quantitative estimate of drug-likeness (QED) is 0.485. The van der Waals surface area contributed by atoms with Crippen LogP contribution in [0.2, 0.25) is 0 Å². The van der Waals surface area contributed by atoms with Crippen LogP contribution in [0.25, 0.3) is 0 Å². The molecule has 0 atom stereocenters. The minimum Gasteiger partial charge on any atom is -0.423 e. The van der Waals surface area contributed by atoms with Gasteiger partial charge in [-0.3, -0.25) is 9.59 Å². The van der Waals surface area contributed by atoms with E-state index in [1.807, 2.05) is 0 Å². The lowest BCUT2D eigenvalue weighted by molar-refractivity contribution is 0.0733. The molecule has 0 N–H and O–H groups in total. The molecule has 0 bridgehead atoms. The van der Waals surface area contributed by atoms with E-state index in [1.165, 1.54) is 29.8 Å². The van der Waals surface area contributed by atoms with Crippen LogP contribution in [0.15, 0.2) is 47.4 Å². The van der Waals surface area contributed by atoms with Gasteiger partial charge in [0.1, 0.15) is 5.75 Å². The molecule has 1 heterocycles. The Hall–Kier alpha value is -2.69. The number of hydrogen-bond donors (Lipinski definition) is 0. The Bertz CT molecular complexity index is 713. The zero-order valence-electron chi connectivity index (χ0n) is 11.1. The number of pyridine rings is 1. The van der Waals surface area contributed by atoms with Crippen LogP contribution in [-0.4, -0.2) is 16.3 Å². The molecule has 0 aliphatic rings. The first-order valence-electron chi connectivity index (χ1n) is 5.97. The fraction of sp³-hybridized carbons (Fsp3) is 0.133. The van der Waals surface area contributed by atoms with E-state index >= 15 is 0 Å². The lowest BCUT2D eigenvalue weighted by Crippen LogP contribution is -2.18. The van der Waals surface area contributed by atoms with Crippen molar-refractivity contribution in [1.82, 2.24) is 4.57 Å². The van der Waals surface area contributed by atoms with E-state index in [4.69, 9.17) is 4.74 Å². The van der Waals surface area contributed by atoms with Gasteiger partial charge < -0.3 is 9.30 Å². The van der Waals surface area contributed by atoms with Gasteiger partial charge in [0.2, 0.25) is 5.56 Å². The maximum atomic E-state index is 11.9. The van der Waals surface area contributed by atoms with Crippen LogP contribution < -0.4 is 10.3 Å². The predicted molar refractivity (Wildman–Crippen MR) is 73.1 cm³/mol. The standard InChI is InChI=1S/C15H13NO4/c1-10(17)11-3-6-13(7-4-11)20-15(19)12-5-8-14(18)16(2)9-12/h3-9H,1-2H3. The van der Waals surface area contributed by atoms with E-state index in [2.05, 4.69) is 0 Å². The Balaban J connectivity index is 2.16. The first-order chi connectivity index (χ1) is 9.47. The molecule has 1 aromatic carbocycles. The maximum absolute atomic E-state index is 11.9. The highest BCUT2D eigenvalue weighted by Gasteiger charge is 2.10. The Morgan fingerprint density at radius 3 is 2.15 bits per heavy atom. The number of rotatable bonds is 3. The van der Waals surface area contributed by atoms with Crippen molar-refractivity contribution in [2.24, 2.45) is 7.05 Å². The van der Waals surface area contributed by atoms with Crippen molar-refractivity contribution in [3.63, 3.8) is 0 Å². The molecule has 5 nitrogen and oxygen atoms in total. The molecular weight excluding hydrogens is 258 g/mol. The summed E-state index contributed by atoms with van der Waals surface area (Å²) in [4.78, 5) is 34.3. The third-order valence-corrected chi connectivity index (χ3v) is 2.79. The molecule has 5 heteroatoms. The Labute approximate surface area is 115 Å². The van der Waals surface area contributed by atoms with E-state index in [-0.39, 0.29) is 16.9 Å². The van der Waals surface area contributed by atoms with Gasteiger partial charge in [0.25, 0.3) is 0 Å². The molecule has 0 fully saturated rings. The van der Waals surface area contributed by atoms with Crippen LogP contribution >= 0.6 is 0 Å². The number of benzene rings is 1. The number of nitrogens with zero attached hydrogens (tertiary/aromatic N) is 1. The van der Waals surface area contributed by atoms with Crippen molar-refractivity contribution in [2.75, 3.05) is 0 Å². The van der Waals surface area contributed by atoms with Crippen LogP contribution in [0, 0.1) is 0 Å². The van der Waals surface area contributed by atoms with Crippen molar-refractivity contribution in [2.45, 2.75) is 6.92 Å². The van der Waals surface area contributed by atoms with E-state index in [0.29, 0.717) is 11.3 Å². The number of aromatic nitrogens is 1. The molecule has 0 spiro atoms. The third kappa shape index (κ3) is 3.00. The Morgan fingerprint density at radius 1 is 1.00 bits per heavy atom. The average Bonchev–Trinajstić information content (AvgIpc) is 2.42. The van der Waals surface area contributed by atoms with E-state index in [0.717, 1.165) is 0 Å². The van der Waals surface area contributed by atoms with Gasteiger partial charge in [0.05, 0.1) is 5.56 Å². The predicted octanol–water partition coefficient (Wildman–Crippen LogP) is 1.81. The zero-order chi connectivity index (χ0) is 14.7. The van der Waals surface area contributed by atoms with Crippen molar-refractivity contribution in [3.8, 4) is 5.75 Å². The van der Waals surface area contributed by atoms with Crippen molar-refractivity contribution in [3.05, 3.63) is 64.1 Å². The summed E-state index contributed by atoms with van der Waals surface area (Å²) in [5.41, 5.74) is 0.627. The number of esters is 1. The second-order valence-electron chi connectivity index (χ2n) is 4.34. The number of ether oxygens (including phenoxy) is 1. The highest BCUT2D eigenvalue weighted by atomic mass is 16.5. The van der Waals surface area contributed by atoms with Gasteiger partial charge in [0.15, 0.2) is 5.78 Å². The second-order valence-corrected chi connectivity index (χ2v) is 4.34. The number of aryl methyl sites for hydroxylation is 1. The van der Waals surface area contributed by atoms with Gasteiger partial charge in [-0.05, 0) is 37.3 Å². The summed E-state index contributed by atoms with van der Waals surface area (Å²) >= 11 is 0. The van der Waals surface area contributed by atoms with Crippen molar-refractivity contribution >= 4 is 11.8 Å². The van der Waals surface area contributed by atoms with Gasteiger partial charge in [-0.2, -0.15) is 0 Å². The molecule has 2 rings (SSSR count). The molecule has 0 saturated heterocycles. The molecule has 0 aliphatic carbocycles. The van der Waals surface area contributed by atoms with E-state index < -0.39 is 5.97 Å². The van der Waals surface area contributed by atoms with Gasteiger partial charge in [-0.1, -0.05) is 0 Å². The van der Waals surface area contributed by atoms with E-state index in [1.54, 1.807) is 31.3 Å². The minimum absolute atomic E-state index is 0.0547. The normalized spacial score (nSPS) is 10.1. The van der Waals surface area contributed by atoms with Crippen LogP contribution in [0.1, 0.15) is 27.6 Å². The van der Waals surface area contributed by atoms with Gasteiger partial charge in [-0.25, -0.2) is 4.79 Å². The minimum atomic E-state index is -0.559. The largest absolute Gasteiger partial charge is 0.423 e. The zero-order valence-corrected chi connectivity index (χ0v) is 11.1. The molecule has 0 saturated carbocycles. The molecule has 102 valence electrons. The average molecular weight is 271 g/mol. The second kappa shape index (κ2) is 5.52. The smallest absolute Gasteiger partial charge is 0.345 e. The number of carbonyl (C=O) groups excluding carboxylic acids is 2. The molecule has 0 radical (unpaired) electrons. The summed E-state index contributed by atoms with van der Waals surface area (Å²) in [6.45, 7) is 1.46. The fourth-order valence-corrected chi connectivity index (χ4v) is 1.64. The number of hydrogen-bond acceptors (Lipinski definition) is 4. The summed E-state index contributed by atoms with van der Waals surface area (Å²) in [5.74, 6) is -0.272. The molecule has 0 amide bonds. The maximum Gasteiger partial charge on any atom is 0.345 e. The summed E-state index contributed by atoms with van der Waals surface area (Å²) in [7, 11) is 1.56. The SMILES string of the molecule is CC(=O)c1ccc(OC(=O)c2ccc(=O)n(C)c2)cc1. The van der Waals surface area contributed by atoms with Crippen molar-refractivity contribution in [1.29, 1.82) is 0 Å². The molecular formula is C15H13NO4. The Morgan fingerprint density at radius 2 is 1.60 bits per heavy atom. The summed E-state index contributed by atoms with van der Waals surface area (Å²) in [5, 5.41) is 0. The summed E-state index contributed by atoms with van der Waals surface area (Å²) in [6.07, 6.45) is 1.41. The van der Waals surface area contributed by atoms with Crippen LogP contribution in [0.3, 0.4) is 0 Å². The molecule has 1 aromatic heterocycles. The van der Waals surface area contributed by atoms with Crippen LogP contribution in [0.4, 0.5) is 0 Å². The Kier molecular flexibility index (Phi) is 3.79. The topological polar surface area (TPSA) is 65.4 Å². The van der Waals surface area contributed by atoms with Crippen LogP contribution in [-0.2, 0) is 7.05 Å². The summed E-state index contributed by atoms with van der Waals surface area (Å²) < 4.78 is 6.47. The number of ketones is 1. The molecule has 20 heavy (non-hydrogen) atoms. The number of carbonyl (C=O) groups is 2. The fourth-order valence-electron chi connectivity index (χ4n) is 1.64. The lowest BCUT2D eigenvalue weighted by atomic mass is 10.1. The summed E-state index contributed by atoms with van der Waals surface area (Å²) in [6, 6.07) is 8.99. The van der Waals surface area contributed by atoms with E-state index in [9.17, 15) is 14.4 Å². The highest BCUT2D eigenvalue weighted by molar-refractivity contribution is 5.94. The number of Topliss-reactive ketones (excluding diaryl/α,β-unsaturated/α-hetero) is 1. The van der Waals surface area contributed by atoms with Gasteiger partial charge >= 0.3 is 5.97 Å². The third-order valence-electron chi connectivity index (χ3n) is 2.79. The van der Waals surface area contributed by atoms with Gasteiger partial charge in [0, 0.05) is 24.9 Å². The first-order valence-corrected chi connectivity index (χ1v) is 5.97. The first kappa shape index (κ1) is 13.7. The lowest BCUT2D eigenvalue weighted by Gasteiger charge is -2.05. The van der Waals surface area contributed by atoms with Crippen LogP contribution in [0.5, 0.6) is 5.75 Å². The monoisotopic (exact) mass is 271 g/mol. The highest BCUT2D eigenvalue weighted by Crippen LogP contribution is 2.14. The van der Waals surface area contributed by atoms with Crippen molar-refractivity contribution < 1.29 is 14.3 Å². The van der Waals surface area contributed by atoms with Gasteiger partial charge in [-0.15, -0.1) is 0 Å². The molecule has 2 aromatic rings. The molecule has 0 unspecified atom stereocenters.